The number of nitrogens with zero attached hydrogens (tertiary/aromatic N) is 2. The fourth-order valence-corrected chi connectivity index (χ4v) is 2.78. The molecule has 1 aliphatic rings. The van der Waals surface area contributed by atoms with E-state index in [0.29, 0.717) is 24.0 Å². The number of ether oxygens (including phenoxy) is 1. The lowest BCUT2D eigenvalue weighted by Gasteiger charge is -2.09. The predicted molar refractivity (Wildman–Crippen MR) is 102 cm³/mol. The van der Waals surface area contributed by atoms with Gasteiger partial charge >= 0.3 is 5.97 Å². The van der Waals surface area contributed by atoms with Crippen molar-refractivity contribution in [2.45, 2.75) is 38.6 Å². The van der Waals surface area contributed by atoms with Crippen LogP contribution in [0.25, 0.3) is 0 Å². The lowest BCUT2D eigenvalue weighted by atomic mass is 10.1. The van der Waals surface area contributed by atoms with Crippen LogP contribution in [0, 0.1) is 0 Å². The fourth-order valence-electron chi connectivity index (χ4n) is 2.78. The summed E-state index contributed by atoms with van der Waals surface area (Å²) in [5.74, 6) is 0.344. The van der Waals surface area contributed by atoms with Crippen LogP contribution in [0.3, 0.4) is 0 Å². The van der Waals surface area contributed by atoms with Gasteiger partial charge < -0.3 is 15.8 Å². The second-order valence-electron chi connectivity index (χ2n) is 6.38. The molecule has 136 valence electrons. The summed E-state index contributed by atoms with van der Waals surface area (Å²) >= 11 is 0. The molecule has 2 aromatic rings. The van der Waals surface area contributed by atoms with Gasteiger partial charge in [0.2, 0.25) is 0 Å². The zero-order chi connectivity index (χ0) is 18.5. The molecule has 1 aromatic carbocycles. The van der Waals surface area contributed by atoms with E-state index in [2.05, 4.69) is 34.3 Å². The summed E-state index contributed by atoms with van der Waals surface area (Å²) < 4.78 is 4.84. The predicted octanol–water partition coefficient (Wildman–Crippen LogP) is 3.23. The van der Waals surface area contributed by atoms with Crippen molar-refractivity contribution in [2.75, 3.05) is 12.4 Å². The summed E-state index contributed by atoms with van der Waals surface area (Å²) in [7, 11) is 1.39. The largest absolute Gasteiger partial charge is 0.465 e. The molecule has 3 N–H and O–H groups in total. The third kappa shape index (κ3) is 4.39. The molecule has 0 aliphatic heterocycles. The van der Waals surface area contributed by atoms with E-state index < -0.39 is 0 Å². The van der Waals surface area contributed by atoms with Gasteiger partial charge in [-0.05, 0) is 49.1 Å². The third-order valence-corrected chi connectivity index (χ3v) is 4.37. The Morgan fingerprint density at radius 3 is 2.85 bits per heavy atom. The number of methoxy groups -OCH3 is 1. The number of hydrogen-bond acceptors (Lipinski definition) is 4. The molecule has 6 heteroatoms. The van der Waals surface area contributed by atoms with Gasteiger partial charge in [-0.3, -0.25) is 4.98 Å². The lowest BCUT2D eigenvalue weighted by Crippen LogP contribution is -2.22. The van der Waals surface area contributed by atoms with Crippen LogP contribution in [0.4, 0.5) is 5.69 Å². The summed E-state index contributed by atoms with van der Waals surface area (Å²) in [6, 6.07) is 11.6. The van der Waals surface area contributed by atoms with Crippen molar-refractivity contribution in [3.63, 3.8) is 0 Å². The number of esters is 1. The molecule has 1 saturated carbocycles. The Hall–Kier alpha value is -2.89. The highest BCUT2D eigenvalue weighted by Gasteiger charge is 2.30. The molecule has 0 unspecified atom stereocenters. The van der Waals surface area contributed by atoms with Gasteiger partial charge in [0, 0.05) is 11.6 Å². The molecule has 1 aromatic heterocycles. The summed E-state index contributed by atoms with van der Waals surface area (Å²) in [6.07, 6.45) is 3.08. The van der Waals surface area contributed by atoms with Gasteiger partial charge in [-0.2, -0.15) is 0 Å². The van der Waals surface area contributed by atoms with E-state index in [1.165, 1.54) is 12.7 Å². The molecule has 0 radical (unpaired) electrons. The number of carbonyl (C=O) groups is 1. The zero-order valence-electron chi connectivity index (χ0n) is 15.2. The number of aromatic nitrogens is 1. The van der Waals surface area contributed by atoms with Crippen LogP contribution >= 0.6 is 0 Å². The lowest BCUT2D eigenvalue weighted by molar-refractivity contribution is 0.0598. The second-order valence-corrected chi connectivity index (χ2v) is 6.38. The number of nitrogens with one attached hydrogen (secondary N) is 1. The van der Waals surface area contributed by atoms with Crippen LogP contribution in [-0.2, 0) is 17.7 Å². The highest BCUT2D eigenvalue weighted by Crippen LogP contribution is 2.40. The molecular weight excluding hydrogens is 328 g/mol. The Morgan fingerprint density at radius 1 is 1.35 bits per heavy atom. The second kappa shape index (κ2) is 7.99. The maximum absolute atomic E-state index is 11.9. The van der Waals surface area contributed by atoms with Crippen molar-refractivity contribution >= 4 is 17.6 Å². The average Bonchev–Trinajstić information content (AvgIpc) is 3.51. The van der Waals surface area contributed by atoms with E-state index in [9.17, 15) is 4.79 Å². The smallest absolute Gasteiger partial charge is 0.339 e. The molecule has 6 nitrogen and oxygen atoms in total. The van der Waals surface area contributed by atoms with Crippen LogP contribution in [0.15, 0.2) is 41.4 Å². The molecule has 0 bridgehead atoms. The van der Waals surface area contributed by atoms with Gasteiger partial charge in [-0.25, -0.2) is 9.79 Å². The molecule has 0 saturated heterocycles. The Kier molecular flexibility index (Phi) is 5.51. The number of anilines is 1. The Morgan fingerprint density at radius 2 is 2.15 bits per heavy atom. The first-order chi connectivity index (χ1) is 12.6. The number of aliphatic imine (C=N–C) groups is 1. The molecule has 1 aliphatic carbocycles. The fraction of sp³-hybridized carbons (Fsp3) is 0.350. The molecule has 0 spiro atoms. The van der Waals surface area contributed by atoms with Crippen LogP contribution in [-0.4, -0.2) is 24.0 Å². The molecule has 0 amide bonds. The van der Waals surface area contributed by atoms with Crippen molar-refractivity contribution in [3.05, 3.63) is 58.9 Å². The van der Waals surface area contributed by atoms with E-state index in [4.69, 9.17) is 10.5 Å². The standard InChI is InChI=1S/C20H24N4O2/c1-3-13-5-4-6-15(11-13)24-20(21)22-12-16-9-10-17(19(25)26-2)18(23-16)14-7-8-14/h4-6,9-11,14H,3,7-8,12H2,1-2H3,(H3,21,22,24). The molecule has 3 rings (SSSR count). The summed E-state index contributed by atoms with van der Waals surface area (Å²) in [6.45, 7) is 2.46. The summed E-state index contributed by atoms with van der Waals surface area (Å²) in [4.78, 5) is 20.9. The SMILES string of the molecule is CCc1cccc(NC(N)=NCc2ccc(C(=O)OC)c(C3CC3)n2)c1. The monoisotopic (exact) mass is 352 g/mol. The quantitative estimate of drug-likeness (QED) is 0.473. The highest BCUT2D eigenvalue weighted by atomic mass is 16.5. The Labute approximate surface area is 153 Å². The number of nitrogens with two attached hydrogens (primary N) is 1. The van der Waals surface area contributed by atoms with Gasteiger partial charge in [0.15, 0.2) is 5.96 Å². The van der Waals surface area contributed by atoms with Crippen molar-refractivity contribution in [2.24, 2.45) is 10.7 Å². The molecule has 0 atom stereocenters. The van der Waals surface area contributed by atoms with E-state index in [-0.39, 0.29) is 5.97 Å². The molecule has 1 fully saturated rings. The average molecular weight is 352 g/mol. The first-order valence-electron chi connectivity index (χ1n) is 8.84. The van der Waals surface area contributed by atoms with Gasteiger partial charge in [-0.15, -0.1) is 0 Å². The van der Waals surface area contributed by atoms with E-state index in [1.807, 2.05) is 12.1 Å². The van der Waals surface area contributed by atoms with Crippen molar-refractivity contribution in [1.82, 2.24) is 4.98 Å². The molecular formula is C20H24N4O2. The minimum Gasteiger partial charge on any atom is -0.465 e. The first kappa shape index (κ1) is 17.9. The topological polar surface area (TPSA) is 89.6 Å². The number of aryl methyl sites for hydroxylation is 1. The Balaban J connectivity index is 1.70. The highest BCUT2D eigenvalue weighted by molar-refractivity contribution is 5.92. The van der Waals surface area contributed by atoms with Crippen LogP contribution < -0.4 is 11.1 Å². The number of guanidine groups is 1. The summed E-state index contributed by atoms with van der Waals surface area (Å²) in [5, 5.41) is 3.10. The number of carbonyl (C=O) groups excluding carboxylic acids is 1. The minimum atomic E-state index is -0.341. The van der Waals surface area contributed by atoms with E-state index >= 15 is 0 Å². The van der Waals surface area contributed by atoms with Gasteiger partial charge in [-0.1, -0.05) is 19.1 Å². The van der Waals surface area contributed by atoms with Gasteiger partial charge in [0.25, 0.3) is 0 Å². The van der Waals surface area contributed by atoms with Crippen molar-refractivity contribution in [3.8, 4) is 0 Å². The number of pyridine rings is 1. The number of benzene rings is 1. The normalized spacial score (nSPS) is 14.2. The van der Waals surface area contributed by atoms with Crippen molar-refractivity contribution < 1.29 is 9.53 Å². The zero-order valence-corrected chi connectivity index (χ0v) is 15.2. The van der Waals surface area contributed by atoms with Crippen LogP contribution in [0.1, 0.15) is 53.0 Å². The number of hydrogen-bond donors (Lipinski definition) is 2. The van der Waals surface area contributed by atoms with Gasteiger partial charge in [0.1, 0.15) is 0 Å². The molecule has 1 heterocycles. The van der Waals surface area contributed by atoms with Crippen LogP contribution in [0.2, 0.25) is 0 Å². The first-order valence-corrected chi connectivity index (χ1v) is 8.84. The Bertz CT molecular complexity index is 828. The van der Waals surface area contributed by atoms with Crippen molar-refractivity contribution in [1.29, 1.82) is 0 Å². The molecule has 26 heavy (non-hydrogen) atoms. The van der Waals surface area contributed by atoms with E-state index in [1.54, 1.807) is 12.1 Å². The maximum Gasteiger partial charge on any atom is 0.339 e. The van der Waals surface area contributed by atoms with Gasteiger partial charge in [0.05, 0.1) is 30.6 Å². The third-order valence-electron chi connectivity index (χ3n) is 4.37. The van der Waals surface area contributed by atoms with Crippen LogP contribution in [0.5, 0.6) is 0 Å². The number of rotatable bonds is 6. The maximum atomic E-state index is 11.9. The van der Waals surface area contributed by atoms with E-state index in [0.717, 1.165) is 36.3 Å². The summed E-state index contributed by atoms with van der Waals surface area (Å²) in [5.41, 5.74) is 10.3. The minimum absolute atomic E-state index is 0.338.